The van der Waals surface area contributed by atoms with E-state index >= 15 is 0 Å². The van der Waals surface area contributed by atoms with E-state index in [9.17, 15) is 23.4 Å². The number of nitrogens with zero attached hydrogens (tertiary/aromatic N) is 1. The summed E-state index contributed by atoms with van der Waals surface area (Å²) in [6.07, 6.45) is -3.49. The predicted octanol–water partition coefficient (Wildman–Crippen LogP) is 2.37. The fourth-order valence-electron chi connectivity index (χ4n) is 2.63. The van der Waals surface area contributed by atoms with Crippen molar-refractivity contribution in [1.82, 2.24) is 4.90 Å². The molecule has 1 aliphatic rings. The number of hydrogen-bond acceptors (Lipinski definition) is 3. The van der Waals surface area contributed by atoms with E-state index in [0.29, 0.717) is 25.9 Å². The lowest BCUT2D eigenvalue weighted by Gasteiger charge is -2.35. The van der Waals surface area contributed by atoms with E-state index in [-0.39, 0.29) is 18.2 Å². The maximum atomic E-state index is 12.7. The summed E-state index contributed by atoms with van der Waals surface area (Å²) in [5, 5.41) is 20.0. The average Bonchev–Trinajstić information content (AvgIpc) is 2.40. The maximum Gasteiger partial charge on any atom is 0.416 e. The van der Waals surface area contributed by atoms with Gasteiger partial charge < -0.3 is 10.2 Å². The van der Waals surface area contributed by atoms with E-state index in [2.05, 4.69) is 0 Å². The van der Waals surface area contributed by atoms with Gasteiger partial charge in [-0.1, -0.05) is 12.1 Å². The highest BCUT2D eigenvalue weighted by Gasteiger charge is 2.34. The number of hydrogen-bond donors (Lipinski definition) is 2. The molecule has 1 aromatic rings. The largest absolute Gasteiger partial charge is 0.416 e. The van der Waals surface area contributed by atoms with Crippen LogP contribution in [-0.2, 0) is 11.8 Å². The fourth-order valence-corrected chi connectivity index (χ4v) is 2.63. The summed E-state index contributed by atoms with van der Waals surface area (Å²) in [7, 11) is 0. The van der Waals surface area contributed by atoms with Gasteiger partial charge in [0.05, 0.1) is 17.3 Å². The van der Waals surface area contributed by atoms with Crippen molar-refractivity contribution in [2.45, 2.75) is 37.6 Å². The Morgan fingerprint density at radius 1 is 1.19 bits per heavy atom. The fraction of sp³-hybridized carbons (Fsp3) is 0.600. The van der Waals surface area contributed by atoms with Crippen molar-refractivity contribution in [2.24, 2.45) is 0 Å². The van der Waals surface area contributed by atoms with E-state index in [0.717, 1.165) is 12.1 Å². The van der Waals surface area contributed by atoms with Gasteiger partial charge in [0.1, 0.15) is 0 Å². The third-order valence-electron chi connectivity index (χ3n) is 3.90. The first kappa shape index (κ1) is 16.3. The third-order valence-corrected chi connectivity index (χ3v) is 3.90. The highest BCUT2D eigenvalue weighted by atomic mass is 19.4. The first-order chi connectivity index (χ1) is 9.68. The van der Waals surface area contributed by atoms with Crippen molar-refractivity contribution in [1.29, 1.82) is 0 Å². The lowest BCUT2D eigenvalue weighted by molar-refractivity contribution is -0.137. The minimum atomic E-state index is -4.42. The van der Waals surface area contributed by atoms with Gasteiger partial charge in [-0.15, -0.1) is 0 Å². The summed E-state index contributed by atoms with van der Waals surface area (Å²) in [5.74, 6) is 0. The summed E-state index contributed by atoms with van der Waals surface area (Å²) in [6.45, 7) is 3.04. The van der Waals surface area contributed by atoms with Crippen LogP contribution in [0.1, 0.15) is 30.9 Å². The van der Waals surface area contributed by atoms with Gasteiger partial charge in [-0.2, -0.15) is 13.2 Å². The van der Waals surface area contributed by atoms with Crippen LogP contribution in [0.4, 0.5) is 13.2 Å². The Bertz CT molecular complexity index is 480. The van der Waals surface area contributed by atoms with Crippen LogP contribution >= 0.6 is 0 Å². The molecule has 0 aliphatic carbocycles. The smallest absolute Gasteiger partial charge is 0.393 e. The molecule has 118 valence electrons. The van der Waals surface area contributed by atoms with E-state index in [4.69, 9.17) is 0 Å². The van der Waals surface area contributed by atoms with Crippen molar-refractivity contribution in [3.63, 3.8) is 0 Å². The summed E-state index contributed by atoms with van der Waals surface area (Å²) in [6, 6.07) is 4.82. The molecule has 6 heteroatoms. The van der Waals surface area contributed by atoms with Gasteiger partial charge in [-0.05, 0) is 37.5 Å². The number of aliphatic hydroxyl groups is 2. The van der Waals surface area contributed by atoms with Gasteiger partial charge in [0.15, 0.2) is 0 Å². The van der Waals surface area contributed by atoms with Crippen molar-refractivity contribution < 1.29 is 23.4 Å². The molecule has 0 unspecified atom stereocenters. The molecule has 0 saturated carbocycles. The Hall–Kier alpha value is -1.11. The minimum absolute atomic E-state index is 0.251. The number of rotatable bonds is 3. The quantitative estimate of drug-likeness (QED) is 0.901. The Balaban J connectivity index is 2.12. The van der Waals surface area contributed by atoms with Crippen LogP contribution in [-0.4, -0.2) is 40.9 Å². The molecule has 0 aromatic heterocycles. The molecule has 0 bridgehead atoms. The molecule has 0 amide bonds. The van der Waals surface area contributed by atoms with Crippen molar-refractivity contribution in [2.75, 3.05) is 19.6 Å². The molecule has 1 saturated heterocycles. The number of likely N-dealkylation sites (tertiary alicyclic amines) is 1. The minimum Gasteiger partial charge on any atom is -0.393 e. The number of β-amino-alcohol motifs (C(OH)–C–C–N with tert-alkyl or cyclic N) is 1. The molecule has 1 fully saturated rings. The number of halogens is 3. The molecule has 0 spiro atoms. The summed E-state index contributed by atoms with van der Waals surface area (Å²) < 4.78 is 38.2. The van der Waals surface area contributed by atoms with Crippen LogP contribution in [0.3, 0.4) is 0 Å². The van der Waals surface area contributed by atoms with E-state index in [1.54, 1.807) is 0 Å². The molecule has 21 heavy (non-hydrogen) atoms. The first-order valence-corrected chi connectivity index (χ1v) is 6.99. The van der Waals surface area contributed by atoms with Crippen LogP contribution in [0.5, 0.6) is 0 Å². The van der Waals surface area contributed by atoms with Crippen LogP contribution < -0.4 is 0 Å². The Labute approximate surface area is 122 Å². The van der Waals surface area contributed by atoms with Crippen molar-refractivity contribution in [3.8, 4) is 0 Å². The normalized spacial score (nSPS) is 21.2. The Morgan fingerprint density at radius 3 is 2.33 bits per heavy atom. The van der Waals surface area contributed by atoms with Gasteiger partial charge in [-0.25, -0.2) is 0 Å². The molecule has 2 N–H and O–H groups in total. The second-order valence-corrected chi connectivity index (χ2v) is 5.86. The van der Waals surface area contributed by atoms with Gasteiger partial charge in [0.2, 0.25) is 0 Å². The van der Waals surface area contributed by atoms with Crippen molar-refractivity contribution in [3.05, 3.63) is 35.4 Å². The standard InChI is InChI=1S/C15H20F3NO2/c1-14(21,10-19-7-5-13(20)6-8-19)11-3-2-4-12(9-11)15(16,17)18/h2-4,9,13,20-21H,5-8,10H2,1H3/t14-/m1/s1. The molecule has 1 aliphatic heterocycles. The van der Waals surface area contributed by atoms with Gasteiger partial charge in [0.25, 0.3) is 0 Å². The van der Waals surface area contributed by atoms with E-state index < -0.39 is 17.3 Å². The number of piperidine rings is 1. The monoisotopic (exact) mass is 303 g/mol. The molecule has 3 nitrogen and oxygen atoms in total. The van der Waals surface area contributed by atoms with E-state index in [1.807, 2.05) is 4.90 Å². The Morgan fingerprint density at radius 2 is 1.76 bits per heavy atom. The molecule has 2 rings (SSSR count). The van der Waals surface area contributed by atoms with Crippen LogP contribution in [0.25, 0.3) is 0 Å². The molecule has 1 heterocycles. The zero-order chi connectivity index (χ0) is 15.7. The van der Waals surface area contributed by atoms with Gasteiger partial charge in [-0.3, -0.25) is 4.90 Å². The summed E-state index contributed by atoms with van der Waals surface area (Å²) >= 11 is 0. The summed E-state index contributed by atoms with van der Waals surface area (Å²) in [5.41, 5.74) is -1.86. The lowest BCUT2D eigenvalue weighted by Crippen LogP contribution is -2.44. The predicted molar refractivity (Wildman–Crippen MR) is 72.7 cm³/mol. The highest BCUT2D eigenvalue weighted by Crippen LogP contribution is 2.32. The third kappa shape index (κ3) is 4.18. The van der Waals surface area contributed by atoms with Crippen LogP contribution in [0.15, 0.2) is 24.3 Å². The lowest BCUT2D eigenvalue weighted by atomic mass is 9.92. The number of benzene rings is 1. The SMILES string of the molecule is C[C@@](O)(CN1CCC(O)CC1)c1cccc(C(F)(F)F)c1. The zero-order valence-corrected chi connectivity index (χ0v) is 11.9. The average molecular weight is 303 g/mol. The second kappa shape index (κ2) is 5.94. The molecular weight excluding hydrogens is 283 g/mol. The van der Waals surface area contributed by atoms with Gasteiger partial charge >= 0.3 is 6.18 Å². The molecule has 1 atom stereocenters. The number of alkyl halides is 3. The Kier molecular flexibility index (Phi) is 4.60. The van der Waals surface area contributed by atoms with Gasteiger partial charge in [0, 0.05) is 19.6 Å². The van der Waals surface area contributed by atoms with E-state index in [1.165, 1.54) is 19.1 Å². The van der Waals surface area contributed by atoms with Crippen molar-refractivity contribution >= 4 is 0 Å². The summed E-state index contributed by atoms with van der Waals surface area (Å²) in [4.78, 5) is 1.97. The van der Waals surface area contributed by atoms with Crippen LogP contribution in [0, 0.1) is 0 Å². The highest BCUT2D eigenvalue weighted by molar-refractivity contribution is 5.29. The molecule has 1 aromatic carbocycles. The molecule has 0 radical (unpaired) electrons. The first-order valence-electron chi connectivity index (χ1n) is 6.99. The number of aliphatic hydroxyl groups excluding tert-OH is 1. The maximum absolute atomic E-state index is 12.7. The zero-order valence-electron chi connectivity index (χ0n) is 11.9. The molecular formula is C15H20F3NO2. The topological polar surface area (TPSA) is 43.7 Å². The van der Waals surface area contributed by atoms with Crippen LogP contribution in [0.2, 0.25) is 0 Å². The second-order valence-electron chi connectivity index (χ2n) is 5.86.